The molecule has 1 aromatic heterocycles. The first kappa shape index (κ1) is 30.4. The Kier molecular flexibility index (Phi) is 8.84. The summed E-state index contributed by atoms with van der Waals surface area (Å²) in [7, 11) is -1.47. The third-order valence-electron chi connectivity index (χ3n) is 8.56. The predicted octanol–water partition coefficient (Wildman–Crippen LogP) is 5.31. The maximum Gasteiger partial charge on any atom is 0.254 e. The maximum atomic E-state index is 15.1. The van der Waals surface area contributed by atoms with Crippen LogP contribution >= 0.6 is 0 Å². The second kappa shape index (κ2) is 12.8. The first-order valence-corrected chi connectivity index (χ1v) is 17.0. The quantitative estimate of drug-likeness (QED) is 0.259. The van der Waals surface area contributed by atoms with E-state index >= 15 is 4.39 Å². The minimum absolute atomic E-state index is 0.123. The van der Waals surface area contributed by atoms with Gasteiger partial charge in [-0.25, -0.2) is 9.37 Å². The van der Waals surface area contributed by atoms with Crippen LogP contribution < -0.4 is 15.8 Å². The van der Waals surface area contributed by atoms with Gasteiger partial charge in [-0.3, -0.25) is 9.00 Å². The van der Waals surface area contributed by atoms with E-state index in [1.54, 1.807) is 17.9 Å². The van der Waals surface area contributed by atoms with Crippen LogP contribution in [0.2, 0.25) is 0 Å². The normalized spacial score (nSPS) is 19.8. The number of nitrogens with two attached hydrogens (primary N) is 1. The summed E-state index contributed by atoms with van der Waals surface area (Å²) in [6.07, 6.45) is 5.52. The molecule has 44 heavy (non-hydrogen) atoms. The SMILES string of the molecule is CCc1c(C(=O)N2CCOc3ccc(-c4ccc5nc(CNC6CC6C)[nH]c5c4)cc3C2)ccc(S(C)=O)c1F.NC1CC1. The predicted molar refractivity (Wildman–Crippen MR) is 171 cm³/mol. The van der Waals surface area contributed by atoms with Gasteiger partial charge in [0.15, 0.2) is 0 Å². The molecule has 0 bridgehead atoms. The van der Waals surface area contributed by atoms with Crippen LogP contribution in [0.3, 0.4) is 0 Å². The van der Waals surface area contributed by atoms with Crippen molar-refractivity contribution in [2.45, 2.75) is 69.6 Å². The van der Waals surface area contributed by atoms with Crippen molar-refractivity contribution in [1.82, 2.24) is 20.2 Å². The summed E-state index contributed by atoms with van der Waals surface area (Å²) < 4.78 is 33.0. The Balaban J connectivity index is 0.000000794. The fourth-order valence-electron chi connectivity index (χ4n) is 5.54. The van der Waals surface area contributed by atoms with Crippen molar-refractivity contribution >= 4 is 27.7 Å². The van der Waals surface area contributed by atoms with E-state index in [2.05, 4.69) is 35.4 Å². The third-order valence-corrected chi connectivity index (χ3v) is 9.49. The molecule has 8 nitrogen and oxygen atoms in total. The highest BCUT2D eigenvalue weighted by Gasteiger charge is 2.32. The molecule has 2 saturated carbocycles. The molecule has 3 aromatic carbocycles. The van der Waals surface area contributed by atoms with Crippen LogP contribution in [0.1, 0.15) is 60.4 Å². The Morgan fingerprint density at radius 1 is 1.18 bits per heavy atom. The van der Waals surface area contributed by atoms with E-state index in [1.807, 2.05) is 18.2 Å². The molecular weight excluding hydrogens is 577 g/mol. The molecule has 0 radical (unpaired) electrons. The van der Waals surface area contributed by atoms with Crippen molar-refractivity contribution in [1.29, 1.82) is 0 Å². The minimum Gasteiger partial charge on any atom is -0.491 e. The van der Waals surface area contributed by atoms with Crippen LogP contribution in [0, 0.1) is 11.7 Å². The summed E-state index contributed by atoms with van der Waals surface area (Å²) in [5.74, 6) is 1.59. The molecule has 3 unspecified atom stereocenters. The van der Waals surface area contributed by atoms with Crippen LogP contribution in [0.4, 0.5) is 4.39 Å². The molecule has 2 fully saturated rings. The van der Waals surface area contributed by atoms with Crippen LogP contribution in [0.15, 0.2) is 53.4 Å². The lowest BCUT2D eigenvalue weighted by molar-refractivity contribution is 0.0731. The molecule has 4 aromatic rings. The fraction of sp³-hybridized carbons (Fsp3) is 0.412. The number of H-pyrrole nitrogens is 1. The second-order valence-corrected chi connectivity index (χ2v) is 13.4. The number of hydrogen-bond acceptors (Lipinski definition) is 6. The van der Waals surface area contributed by atoms with Crippen LogP contribution in [0.25, 0.3) is 22.2 Å². The zero-order valence-electron chi connectivity index (χ0n) is 25.5. The number of ether oxygens (including phenoxy) is 1. The number of carbonyl (C=O) groups excluding carboxylic acids is 1. The number of nitrogens with zero attached hydrogens (tertiary/aromatic N) is 2. The Bertz CT molecular complexity index is 1720. The number of carbonyl (C=O) groups is 1. The molecule has 3 atom stereocenters. The number of rotatable bonds is 7. The zero-order chi connectivity index (χ0) is 31.0. The highest BCUT2D eigenvalue weighted by Crippen LogP contribution is 2.32. The lowest BCUT2D eigenvalue weighted by Crippen LogP contribution is -2.33. The molecule has 0 spiro atoms. The Hall–Kier alpha value is -3.60. The van der Waals surface area contributed by atoms with Crippen molar-refractivity contribution in [2.75, 3.05) is 19.4 Å². The topological polar surface area (TPSA) is 113 Å². The van der Waals surface area contributed by atoms with E-state index in [0.717, 1.165) is 51.8 Å². The molecule has 1 amide bonds. The summed E-state index contributed by atoms with van der Waals surface area (Å²) in [5, 5.41) is 3.54. The van der Waals surface area contributed by atoms with E-state index in [1.165, 1.54) is 31.6 Å². The van der Waals surface area contributed by atoms with Gasteiger partial charge in [-0.05, 0) is 79.1 Å². The first-order valence-electron chi connectivity index (χ1n) is 15.4. The summed E-state index contributed by atoms with van der Waals surface area (Å²) in [4.78, 5) is 23.6. The van der Waals surface area contributed by atoms with Crippen molar-refractivity contribution in [3.05, 3.63) is 76.9 Å². The van der Waals surface area contributed by atoms with Crippen LogP contribution in [-0.2, 0) is 30.3 Å². The largest absolute Gasteiger partial charge is 0.491 e. The highest BCUT2D eigenvalue weighted by atomic mass is 32.2. The van der Waals surface area contributed by atoms with Gasteiger partial charge in [-0.15, -0.1) is 0 Å². The molecule has 10 heteroatoms. The van der Waals surface area contributed by atoms with E-state index in [0.29, 0.717) is 49.3 Å². The maximum absolute atomic E-state index is 15.1. The molecule has 1 aliphatic heterocycles. The van der Waals surface area contributed by atoms with Gasteiger partial charge in [0.05, 0.1) is 39.8 Å². The minimum atomic E-state index is -1.47. The summed E-state index contributed by atoms with van der Waals surface area (Å²) >= 11 is 0. The number of halogens is 1. The summed E-state index contributed by atoms with van der Waals surface area (Å²) in [5.41, 5.74) is 10.7. The fourth-order valence-corrected chi connectivity index (χ4v) is 6.18. The molecular formula is C34H40FN5O3S. The lowest BCUT2D eigenvalue weighted by Gasteiger charge is -2.22. The van der Waals surface area contributed by atoms with Gasteiger partial charge in [-0.1, -0.05) is 26.0 Å². The first-order chi connectivity index (χ1) is 21.2. The monoisotopic (exact) mass is 617 g/mol. The van der Waals surface area contributed by atoms with Crippen LogP contribution in [0.5, 0.6) is 5.75 Å². The van der Waals surface area contributed by atoms with Crippen molar-refractivity contribution < 1.29 is 18.1 Å². The van der Waals surface area contributed by atoms with E-state index in [4.69, 9.17) is 15.5 Å². The average Bonchev–Trinajstić information content (AvgIpc) is 3.92. The highest BCUT2D eigenvalue weighted by molar-refractivity contribution is 7.84. The van der Waals surface area contributed by atoms with Crippen molar-refractivity contribution in [3.8, 4) is 16.9 Å². The third kappa shape index (κ3) is 6.72. The number of nitrogens with one attached hydrogen (secondary N) is 2. The lowest BCUT2D eigenvalue weighted by atomic mass is 10.0. The smallest absolute Gasteiger partial charge is 0.254 e. The van der Waals surface area contributed by atoms with Gasteiger partial charge in [-0.2, -0.15) is 0 Å². The van der Waals surface area contributed by atoms with E-state index < -0.39 is 16.6 Å². The molecule has 232 valence electrons. The standard InChI is InChI=1S/C31H33FN4O3S.C3H7N/c1-4-22-23(7-10-28(30(22)32)40(3)38)31(37)36-11-12-39-27-9-6-19(14-21(27)17-36)20-5-8-24-26(15-20)35-29(34-24)16-33-25-13-18(25)2;4-3-1-2-3/h5-10,14-15,18,25,33H,4,11-13,16-17H2,1-3H3,(H,34,35);3H,1-2,4H2. The molecule has 4 N–H and O–H groups in total. The number of imidazole rings is 1. The van der Waals surface area contributed by atoms with E-state index in [-0.39, 0.29) is 10.8 Å². The number of hydrogen-bond donors (Lipinski definition) is 3. The summed E-state index contributed by atoms with van der Waals surface area (Å²) in [6.45, 7) is 5.84. The molecule has 0 saturated heterocycles. The number of aromatic nitrogens is 2. The number of aromatic amines is 1. The van der Waals surface area contributed by atoms with Crippen molar-refractivity contribution in [3.63, 3.8) is 0 Å². The molecule has 2 heterocycles. The zero-order valence-corrected chi connectivity index (χ0v) is 26.3. The molecule has 7 rings (SSSR count). The average molecular weight is 618 g/mol. The molecule has 3 aliphatic rings. The second-order valence-electron chi connectivity index (χ2n) is 12.1. The Morgan fingerprint density at radius 2 is 1.91 bits per heavy atom. The number of fused-ring (bicyclic) bond motifs is 2. The van der Waals surface area contributed by atoms with Gasteiger partial charge >= 0.3 is 0 Å². The molecule has 2 aliphatic carbocycles. The van der Waals surface area contributed by atoms with Gasteiger partial charge in [0, 0.05) is 41.6 Å². The Labute approximate surface area is 260 Å². The van der Waals surface area contributed by atoms with Crippen LogP contribution in [-0.4, -0.2) is 56.5 Å². The number of benzene rings is 3. The number of amides is 1. The summed E-state index contributed by atoms with van der Waals surface area (Å²) in [6, 6.07) is 16.4. The van der Waals surface area contributed by atoms with Crippen molar-refractivity contribution in [2.24, 2.45) is 11.7 Å². The van der Waals surface area contributed by atoms with Gasteiger partial charge in [0.2, 0.25) is 0 Å². The van der Waals surface area contributed by atoms with Gasteiger partial charge in [0.1, 0.15) is 24.0 Å². The Morgan fingerprint density at radius 3 is 2.59 bits per heavy atom. The van der Waals surface area contributed by atoms with Gasteiger partial charge in [0.25, 0.3) is 5.91 Å². The van der Waals surface area contributed by atoms with Gasteiger partial charge < -0.3 is 25.7 Å². The van der Waals surface area contributed by atoms with E-state index in [9.17, 15) is 9.00 Å².